The van der Waals surface area contributed by atoms with Crippen molar-refractivity contribution in [2.45, 2.75) is 50.9 Å². The third-order valence-corrected chi connectivity index (χ3v) is 3.86. The number of benzene rings is 1. The molecule has 0 amide bonds. The molecule has 2 fully saturated rings. The van der Waals surface area contributed by atoms with Gasteiger partial charge in [0, 0.05) is 12.0 Å². The lowest BCUT2D eigenvalue weighted by Crippen LogP contribution is -2.18. The SMILES string of the molecule is c1cc2c(cc1CC1CC1)CC(OC1CC1)O2. The number of ether oxygens (including phenoxy) is 2. The fraction of sp³-hybridized carbons (Fsp3) is 0.600. The lowest BCUT2D eigenvalue weighted by molar-refractivity contribution is -0.0749. The minimum absolute atomic E-state index is 0.0197. The minimum atomic E-state index is -0.0197. The summed E-state index contributed by atoms with van der Waals surface area (Å²) in [5.74, 6) is 1.99. The van der Waals surface area contributed by atoms with E-state index in [4.69, 9.17) is 9.47 Å². The molecule has 0 N–H and O–H groups in total. The second-order valence-corrected chi connectivity index (χ2v) is 5.68. The van der Waals surface area contributed by atoms with Gasteiger partial charge in [-0.3, -0.25) is 0 Å². The highest BCUT2D eigenvalue weighted by atomic mass is 16.7. The van der Waals surface area contributed by atoms with Crippen LogP contribution in [0.15, 0.2) is 18.2 Å². The van der Waals surface area contributed by atoms with Crippen molar-refractivity contribution in [3.63, 3.8) is 0 Å². The zero-order chi connectivity index (χ0) is 11.2. The zero-order valence-electron chi connectivity index (χ0n) is 10.0. The second-order valence-electron chi connectivity index (χ2n) is 5.68. The highest BCUT2D eigenvalue weighted by Gasteiger charge is 2.31. The first kappa shape index (κ1) is 9.95. The van der Waals surface area contributed by atoms with Crippen molar-refractivity contribution >= 4 is 0 Å². The molecule has 1 unspecified atom stereocenters. The van der Waals surface area contributed by atoms with Gasteiger partial charge in [0.1, 0.15) is 5.75 Å². The molecule has 1 atom stereocenters. The van der Waals surface area contributed by atoms with Crippen LogP contribution in [-0.2, 0) is 17.6 Å². The fourth-order valence-corrected chi connectivity index (χ4v) is 2.55. The lowest BCUT2D eigenvalue weighted by atomic mass is 10.0. The maximum Gasteiger partial charge on any atom is 0.204 e. The molecule has 1 aromatic rings. The van der Waals surface area contributed by atoms with E-state index < -0.39 is 0 Å². The first-order valence-electron chi connectivity index (χ1n) is 6.81. The van der Waals surface area contributed by atoms with Crippen LogP contribution in [-0.4, -0.2) is 12.4 Å². The van der Waals surface area contributed by atoms with Crippen molar-refractivity contribution in [3.05, 3.63) is 29.3 Å². The summed E-state index contributed by atoms with van der Waals surface area (Å²) in [5, 5.41) is 0. The van der Waals surface area contributed by atoms with Crippen LogP contribution in [0.25, 0.3) is 0 Å². The Morgan fingerprint density at radius 2 is 2.06 bits per heavy atom. The van der Waals surface area contributed by atoms with Gasteiger partial charge >= 0.3 is 0 Å². The van der Waals surface area contributed by atoms with Crippen molar-refractivity contribution in [1.82, 2.24) is 0 Å². The van der Waals surface area contributed by atoms with E-state index in [1.165, 1.54) is 43.2 Å². The number of hydrogen-bond donors (Lipinski definition) is 0. The average Bonchev–Trinajstić information content (AvgIpc) is 3.19. The predicted octanol–water partition coefficient (Wildman–Crippen LogP) is 3.08. The van der Waals surface area contributed by atoms with Crippen LogP contribution < -0.4 is 4.74 Å². The van der Waals surface area contributed by atoms with Crippen LogP contribution in [0.1, 0.15) is 36.8 Å². The zero-order valence-corrected chi connectivity index (χ0v) is 10.0. The first-order chi connectivity index (χ1) is 8.37. The first-order valence-corrected chi connectivity index (χ1v) is 6.81. The van der Waals surface area contributed by atoms with E-state index in [9.17, 15) is 0 Å². The summed E-state index contributed by atoms with van der Waals surface area (Å²) in [6.07, 6.45) is 7.90. The molecule has 0 bridgehead atoms. The quantitative estimate of drug-likeness (QED) is 0.791. The largest absolute Gasteiger partial charge is 0.464 e. The molecule has 0 radical (unpaired) electrons. The van der Waals surface area contributed by atoms with Gasteiger partial charge in [0.05, 0.1) is 6.10 Å². The van der Waals surface area contributed by atoms with Crippen LogP contribution in [0.3, 0.4) is 0 Å². The minimum Gasteiger partial charge on any atom is -0.464 e. The van der Waals surface area contributed by atoms with Gasteiger partial charge in [0.2, 0.25) is 6.29 Å². The van der Waals surface area contributed by atoms with Crippen molar-refractivity contribution in [2.75, 3.05) is 0 Å². The van der Waals surface area contributed by atoms with E-state index in [2.05, 4.69) is 18.2 Å². The summed E-state index contributed by atoms with van der Waals surface area (Å²) >= 11 is 0. The fourth-order valence-electron chi connectivity index (χ4n) is 2.55. The van der Waals surface area contributed by atoms with Crippen LogP contribution in [0, 0.1) is 5.92 Å². The molecule has 0 aromatic heterocycles. The van der Waals surface area contributed by atoms with Gasteiger partial charge < -0.3 is 9.47 Å². The van der Waals surface area contributed by atoms with Crippen LogP contribution in [0.2, 0.25) is 0 Å². The average molecular weight is 230 g/mol. The maximum absolute atomic E-state index is 5.82. The molecule has 0 spiro atoms. The summed E-state index contributed by atoms with van der Waals surface area (Å²) in [4.78, 5) is 0. The summed E-state index contributed by atoms with van der Waals surface area (Å²) in [6, 6.07) is 6.67. The van der Waals surface area contributed by atoms with E-state index >= 15 is 0 Å². The summed E-state index contributed by atoms with van der Waals surface area (Å²) in [5.41, 5.74) is 2.82. The van der Waals surface area contributed by atoms with Gasteiger partial charge in [0.15, 0.2) is 0 Å². The number of hydrogen-bond acceptors (Lipinski definition) is 2. The van der Waals surface area contributed by atoms with Crippen molar-refractivity contribution in [3.8, 4) is 5.75 Å². The number of fused-ring (bicyclic) bond motifs is 1. The van der Waals surface area contributed by atoms with E-state index in [0.29, 0.717) is 6.10 Å². The molecule has 17 heavy (non-hydrogen) atoms. The molecule has 2 nitrogen and oxygen atoms in total. The molecule has 1 aliphatic heterocycles. The third-order valence-electron chi connectivity index (χ3n) is 3.86. The summed E-state index contributed by atoms with van der Waals surface area (Å²) in [6.45, 7) is 0. The van der Waals surface area contributed by atoms with Gasteiger partial charge in [-0.2, -0.15) is 0 Å². The normalized spacial score (nSPS) is 26.7. The second kappa shape index (κ2) is 3.74. The Morgan fingerprint density at radius 1 is 1.18 bits per heavy atom. The van der Waals surface area contributed by atoms with Crippen molar-refractivity contribution < 1.29 is 9.47 Å². The van der Waals surface area contributed by atoms with E-state index in [1.807, 2.05) is 0 Å². The maximum atomic E-state index is 5.82. The molecule has 1 aromatic carbocycles. The van der Waals surface area contributed by atoms with Gasteiger partial charge in [-0.1, -0.05) is 12.1 Å². The van der Waals surface area contributed by atoms with Crippen LogP contribution in [0.4, 0.5) is 0 Å². The lowest BCUT2D eigenvalue weighted by Gasteiger charge is -2.10. The molecule has 1 heterocycles. The molecule has 2 saturated carbocycles. The summed E-state index contributed by atoms with van der Waals surface area (Å²) in [7, 11) is 0. The highest BCUT2D eigenvalue weighted by molar-refractivity contribution is 5.40. The molecule has 90 valence electrons. The molecule has 2 heteroatoms. The van der Waals surface area contributed by atoms with Gasteiger partial charge in [-0.15, -0.1) is 0 Å². The highest BCUT2D eigenvalue weighted by Crippen LogP contribution is 2.37. The molecule has 2 aliphatic carbocycles. The van der Waals surface area contributed by atoms with Crippen molar-refractivity contribution in [1.29, 1.82) is 0 Å². The molecule has 0 saturated heterocycles. The van der Waals surface area contributed by atoms with Crippen LogP contribution >= 0.6 is 0 Å². The van der Waals surface area contributed by atoms with E-state index in [-0.39, 0.29) is 6.29 Å². The Bertz CT molecular complexity index is 433. The Morgan fingerprint density at radius 3 is 2.82 bits per heavy atom. The summed E-state index contributed by atoms with van der Waals surface area (Å²) < 4.78 is 11.6. The monoisotopic (exact) mass is 230 g/mol. The molecular formula is C15H18O2. The Balaban J connectivity index is 1.47. The number of rotatable bonds is 4. The Labute approximate surface area is 102 Å². The molecule has 4 rings (SSSR count). The van der Waals surface area contributed by atoms with Crippen LogP contribution in [0.5, 0.6) is 5.75 Å². The molecular weight excluding hydrogens is 212 g/mol. The standard InChI is InChI=1S/C15H18O2/c1-2-10(1)7-11-3-6-14-12(8-11)9-15(17-14)16-13-4-5-13/h3,6,8,10,13,15H,1-2,4-5,7,9H2. The van der Waals surface area contributed by atoms with Crippen molar-refractivity contribution in [2.24, 2.45) is 5.92 Å². The Hall–Kier alpha value is -1.02. The predicted molar refractivity (Wildman–Crippen MR) is 65.1 cm³/mol. The van der Waals surface area contributed by atoms with Gasteiger partial charge in [-0.05, 0) is 49.7 Å². The smallest absolute Gasteiger partial charge is 0.204 e. The van der Waals surface area contributed by atoms with Gasteiger partial charge in [-0.25, -0.2) is 0 Å². The van der Waals surface area contributed by atoms with E-state index in [1.54, 1.807) is 0 Å². The molecule has 3 aliphatic rings. The van der Waals surface area contributed by atoms with Gasteiger partial charge in [0.25, 0.3) is 0 Å². The third kappa shape index (κ3) is 2.19. The topological polar surface area (TPSA) is 18.5 Å². The van der Waals surface area contributed by atoms with E-state index in [0.717, 1.165) is 18.1 Å². The Kier molecular flexibility index (Phi) is 2.19.